The highest BCUT2D eigenvalue weighted by Crippen LogP contribution is 2.27. The van der Waals surface area contributed by atoms with Gasteiger partial charge in [0.05, 0.1) is 19.1 Å². The minimum absolute atomic E-state index is 0. The number of carbonyl (C=O) groups excluding carboxylic acids is 1. The van der Waals surface area contributed by atoms with Crippen LogP contribution in [-0.2, 0) is 9.53 Å². The molecule has 19 heavy (non-hydrogen) atoms. The van der Waals surface area contributed by atoms with Crippen molar-refractivity contribution in [3.8, 4) is 0 Å². The molecule has 2 saturated heterocycles. The fraction of sp³-hybridized carbons (Fsp3) is 0.923. The zero-order valence-corrected chi connectivity index (χ0v) is 12.3. The first-order valence-corrected chi connectivity index (χ1v) is 7.01. The summed E-state index contributed by atoms with van der Waals surface area (Å²) in [5.41, 5.74) is 0. The molecule has 0 aromatic rings. The van der Waals surface area contributed by atoms with Gasteiger partial charge in [-0.15, -0.1) is 12.4 Å². The van der Waals surface area contributed by atoms with Crippen molar-refractivity contribution in [3.63, 3.8) is 0 Å². The number of aliphatic hydroxyl groups excluding tert-OH is 1. The molecule has 2 heterocycles. The van der Waals surface area contributed by atoms with E-state index in [1.165, 1.54) is 0 Å². The van der Waals surface area contributed by atoms with Crippen molar-refractivity contribution in [2.45, 2.75) is 38.3 Å². The summed E-state index contributed by atoms with van der Waals surface area (Å²) in [6.45, 7) is 5.10. The second-order valence-electron chi connectivity index (χ2n) is 5.14. The maximum Gasteiger partial charge on any atom is 0.311 e. The molecule has 6 heteroatoms. The van der Waals surface area contributed by atoms with Crippen LogP contribution in [0.4, 0.5) is 0 Å². The molecule has 2 fully saturated rings. The number of carbonyl (C=O) groups is 1. The van der Waals surface area contributed by atoms with Gasteiger partial charge in [-0.3, -0.25) is 9.69 Å². The SMILES string of the molecule is CCOC(=O)C1CNCCC1N1CCC[C@H]1CO.Cl. The van der Waals surface area contributed by atoms with Gasteiger partial charge in [0.2, 0.25) is 0 Å². The lowest BCUT2D eigenvalue weighted by atomic mass is 9.91. The third-order valence-electron chi connectivity index (χ3n) is 4.09. The third kappa shape index (κ3) is 3.81. The van der Waals surface area contributed by atoms with E-state index in [-0.39, 0.29) is 43.0 Å². The van der Waals surface area contributed by atoms with Crippen molar-refractivity contribution >= 4 is 18.4 Å². The Labute approximate surface area is 121 Å². The summed E-state index contributed by atoms with van der Waals surface area (Å²) in [5, 5.41) is 12.7. The minimum Gasteiger partial charge on any atom is -0.466 e. The van der Waals surface area contributed by atoms with E-state index < -0.39 is 0 Å². The Bertz CT molecular complexity index is 291. The second-order valence-corrected chi connectivity index (χ2v) is 5.14. The van der Waals surface area contributed by atoms with Crippen LogP contribution in [0.5, 0.6) is 0 Å². The Morgan fingerprint density at radius 3 is 2.95 bits per heavy atom. The summed E-state index contributed by atoms with van der Waals surface area (Å²) in [6, 6.07) is 0.454. The molecule has 2 aliphatic rings. The molecule has 2 N–H and O–H groups in total. The standard InChI is InChI=1S/C13H24N2O3.ClH/c1-2-18-13(17)11-8-14-6-5-12(11)15-7-3-4-10(15)9-16;/h10-12,14,16H,2-9H2,1H3;1H/t10-,11?,12?;/m0./s1. The summed E-state index contributed by atoms with van der Waals surface area (Å²) < 4.78 is 5.17. The van der Waals surface area contributed by atoms with Crippen LogP contribution in [0.2, 0.25) is 0 Å². The van der Waals surface area contributed by atoms with Crippen molar-refractivity contribution < 1.29 is 14.6 Å². The van der Waals surface area contributed by atoms with Gasteiger partial charge in [0.25, 0.3) is 0 Å². The molecule has 3 atom stereocenters. The van der Waals surface area contributed by atoms with Crippen molar-refractivity contribution in [3.05, 3.63) is 0 Å². The first kappa shape index (κ1) is 16.7. The molecule has 112 valence electrons. The lowest BCUT2D eigenvalue weighted by Crippen LogP contribution is -2.54. The molecule has 0 bridgehead atoms. The molecule has 0 saturated carbocycles. The summed E-state index contributed by atoms with van der Waals surface area (Å²) in [7, 11) is 0. The zero-order chi connectivity index (χ0) is 13.0. The van der Waals surface area contributed by atoms with E-state index in [1.807, 2.05) is 6.92 Å². The van der Waals surface area contributed by atoms with Gasteiger partial charge in [-0.05, 0) is 39.3 Å². The summed E-state index contributed by atoms with van der Waals surface area (Å²) in [5.74, 6) is -0.191. The molecule has 2 unspecified atom stereocenters. The second kappa shape index (κ2) is 8.04. The van der Waals surface area contributed by atoms with Gasteiger partial charge in [0.1, 0.15) is 0 Å². The molecule has 5 nitrogen and oxygen atoms in total. The number of ether oxygens (including phenoxy) is 1. The van der Waals surface area contributed by atoms with Crippen LogP contribution in [0.1, 0.15) is 26.2 Å². The molecule has 0 amide bonds. The van der Waals surface area contributed by atoms with Gasteiger partial charge in [-0.1, -0.05) is 0 Å². The number of piperidine rings is 1. The Balaban J connectivity index is 0.00000180. The molecule has 0 radical (unpaired) electrons. The van der Waals surface area contributed by atoms with Gasteiger partial charge in [0, 0.05) is 18.6 Å². The molecule has 2 aliphatic heterocycles. The van der Waals surface area contributed by atoms with Crippen molar-refractivity contribution in [2.75, 3.05) is 32.8 Å². The van der Waals surface area contributed by atoms with E-state index in [0.717, 1.165) is 32.4 Å². The van der Waals surface area contributed by atoms with Gasteiger partial charge in [0.15, 0.2) is 0 Å². The average molecular weight is 293 g/mol. The van der Waals surface area contributed by atoms with Crippen LogP contribution in [0, 0.1) is 5.92 Å². The lowest BCUT2D eigenvalue weighted by molar-refractivity contribution is -0.151. The number of nitrogens with one attached hydrogen (secondary N) is 1. The maximum absolute atomic E-state index is 12.0. The predicted molar refractivity (Wildman–Crippen MR) is 75.5 cm³/mol. The molecule has 0 aliphatic carbocycles. The molecule has 0 aromatic heterocycles. The van der Waals surface area contributed by atoms with Crippen LogP contribution in [0.15, 0.2) is 0 Å². The zero-order valence-electron chi connectivity index (χ0n) is 11.5. The Hall–Kier alpha value is -0.360. The van der Waals surface area contributed by atoms with Gasteiger partial charge < -0.3 is 15.2 Å². The maximum atomic E-state index is 12.0. The number of aliphatic hydroxyl groups is 1. The highest BCUT2D eigenvalue weighted by atomic mass is 35.5. The van der Waals surface area contributed by atoms with E-state index in [0.29, 0.717) is 13.2 Å². The molecule has 2 rings (SSSR count). The smallest absolute Gasteiger partial charge is 0.311 e. The van der Waals surface area contributed by atoms with Crippen LogP contribution in [-0.4, -0.2) is 60.9 Å². The number of halogens is 1. The van der Waals surface area contributed by atoms with Crippen LogP contribution >= 0.6 is 12.4 Å². The highest BCUT2D eigenvalue weighted by molar-refractivity contribution is 5.85. The molecule has 0 spiro atoms. The number of likely N-dealkylation sites (tertiary alicyclic amines) is 1. The Kier molecular flexibility index (Phi) is 7.07. The normalized spacial score (nSPS) is 31.8. The third-order valence-corrected chi connectivity index (χ3v) is 4.09. The van der Waals surface area contributed by atoms with E-state index >= 15 is 0 Å². The van der Waals surface area contributed by atoms with E-state index in [9.17, 15) is 9.90 Å². The quantitative estimate of drug-likeness (QED) is 0.735. The molecular weight excluding hydrogens is 268 g/mol. The summed E-state index contributed by atoms with van der Waals surface area (Å²) in [6.07, 6.45) is 3.11. The minimum atomic E-state index is -0.0988. The van der Waals surface area contributed by atoms with Crippen molar-refractivity contribution in [1.29, 1.82) is 0 Å². The summed E-state index contributed by atoms with van der Waals surface area (Å²) in [4.78, 5) is 14.3. The predicted octanol–water partition coefficient (Wildman–Crippen LogP) is 0.406. The monoisotopic (exact) mass is 292 g/mol. The highest BCUT2D eigenvalue weighted by Gasteiger charge is 2.39. The number of nitrogens with zero attached hydrogens (tertiary/aromatic N) is 1. The van der Waals surface area contributed by atoms with E-state index in [1.54, 1.807) is 0 Å². The topological polar surface area (TPSA) is 61.8 Å². The number of esters is 1. The molecule has 0 aromatic carbocycles. The first-order valence-electron chi connectivity index (χ1n) is 7.01. The van der Waals surface area contributed by atoms with Crippen LogP contribution in [0.25, 0.3) is 0 Å². The average Bonchev–Trinajstić information content (AvgIpc) is 2.87. The first-order chi connectivity index (χ1) is 8.77. The van der Waals surface area contributed by atoms with E-state index in [4.69, 9.17) is 4.74 Å². The fourth-order valence-electron chi connectivity index (χ4n) is 3.22. The Morgan fingerprint density at radius 1 is 1.47 bits per heavy atom. The molecular formula is C13H25ClN2O3. The Morgan fingerprint density at radius 2 is 2.26 bits per heavy atom. The largest absolute Gasteiger partial charge is 0.466 e. The summed E-state index contributed by atoms with van der Waals surface area (Å²) >= 11 is 0. The van der Waals surface area contributed by atoms with E-state index in [2.05, 4.69) is 10.2 Å². The van der Waals surface area contributed by atoms with Crippen LogP contribution in [0.3, 0.4) is 0 Å². The lowest BCUT2D eigenvalue weighted by Gasteiger charge is -2.39. The number of hydrogen-bond donors (Lipinski definition) is 2. The number of rotatable bonds is 4. The van der Waals surface area contributed by atoms with Crippen LogP contribution < -0.4 is 5.32 Å². The van der Waals surface area contributed by atoms with Crippen molar-refractivity contribution in [1.82, 2.24) is 10.2 Å². The van der Waals surface area contributed by atoms with Crippen molar-refractivity contribution in [2.24, 2.45) is 5.92 Å². The van der Waals surface area contributed by atoms with Gasteiger partial charge >= 0.3 is 5.97 Å². The van der Waals surface area contributed by atoms with Gasteiger partial charge in [-0.2, -0.15) is 0 Å². The fourth-order valence-corrected chi connectivity index (χ4v) is 3.22. The van der Waals surface area contributed by atoms with Gasteiger partial charge in [-0.25, -0.2) is 0 Å². The number of hydrogen-bond acceptors (Lipinski definition) is 5.